The fraction of sp³-hybridized carbons (Fsp3) is 0.467. The van der Waals surface area contributed by atoms with Gasteiger partial charge in [-0.2, -0.15) is 0 Å². The summed E-state index contributed by atoms with van der Waals surface area (Å²) in [6.07, 6.45) is 5.59. The molecule has 1 saturated carbocycles. The number of hydrogen-bond donors (Lipinski definition) is 1. The number of nitrogens with one attached hydrogen (secondary N) is 1. The van der Waals surface area contributed by atoms with Crippen LogP contribution in [-0.4, -0.2) is 36.1 Å². The number of aromatic amines is 1. The molecule has 2 heterocycles. The molecule has 1 N–H and O–H groups in total. The Morgan fingerprint density at radius 2 is 1.78 bits per heavy atom. The summed E-state index contributed by atoms with van der Waals surface area (Å²) in [5, 5.41) is 14.1. The third-order valence-electron chi connectivity index (χ3n) is 7.95. The second kappa shape index (κ2) is 11.0. The van der Waals surface area contributed by atoms with E-state index >= 15 is 0 Å². The highest BCUT2D eigenvalue weighted by molar-refractivity contribution is 5.80. The summed E-state index contributed by atoms with van der Waals surface area (Å²) in [6, 6.07) is 17.2. The number of aryl methyl sites for hydroxylation is 4. The molecule has 0 saturated heterocycles. The van der Waals surface area contributed by atoms with Crippen molar-refractivity contribution < 1.29 is 0 Å². The number of fused-ring (bicyclic) bond motifs is 1. The number of H-pyrrole nitrogens is 1. The van der Waals surface area contributed by atoms with Gasteiger partial charge in [0, 0.05) is 30.2 Å². The Morgan fingerprint density at radius 1 is 1.05 bits per heavy atom. The van der Waals surface area contributed by atoms with Crippen LogP contribution >= 0.6 is 0 Å². The third kappa shape index (κ3) is 5.52. The van der Waals surface area contributed by atoms with Gasteiger partial charge in [0.1, 0.15) is 0 Å². The molecule has 0 bridgehead atoms. The lowest BCUT2D eigenvalue weighted by molar-refractivity contribution is 0.0840. The second-order valence-electron chi connectivity index (χ2n) is 10.9. The monoisotopic (exact) mass is 498 g/mol. The maximum Gasteiger partial charge on any atom is 0.252 e. The van der Waals surface area contributed by atoms with Crippen LogP contribution in [0.5, 0.6) is 0 Å². The molecule has 7 heteroatoms. The zero-order valence-corrected chi connectivity index (χ0v) is 22.4. The fourth-order valence-corrected chi connectivity index (χ4v) is 5.82. The summed E-state index contributed by atoms with van der Waals surface area (Å²) in [4.78, 5) is 18.9. The van der Waals surface area contributed by atoms with Crippen LogP contribution in [0.25, 0.3) is 10.9 Å². The van der Waals surface area contributed by atoms with Gasteiger partial charge in [-0.15, -0.1) is 5.10 Å². The van der Waals surface area contributed by atoms with Crippen LogP contribution in [-0.2, 0) is 19.5 Å². The number of rotatable bonds is 9. The maximum absolute atomic E-state index is 13.3. The topological polar surface area (TPSA) is 79.7 Å². The van der Waals surface area contributed by atoms with Gasteiger partial charge < -0.3 is 4.98 Å². The molecule has 5 rings (SSSR count). The molecule has 37 heavy (non-hydrogen) atoms. The summed E-state index contributed by atoms with van der Waals surface area (Å²) in [5.74, 6) is 1.17. The van der Waals surface area contributed by atoms with E-state index in [-0.39, 0.29) is 17.5 Å². The average molecular weight is 499 g/mol. The normalized spacial score (nSPS) is 15.3. The molecule has 1 fully saturated rings. The van der Waals surface area contributed by atoms with Crippen molar-refractivity contribution in [1.82, 2.24) is 30.1 Å². The van der Waals surface area contributed by atoms with E-state index in [2.05, 4.69) is 95.6 Å². The minimum absolute atomic E-state index is 0.00933. The summed E-state index contributed by atoms with van der Waals surface area (Å²) >= 11 is 0. The zero-order valence-electron chi connectivity index (χ0n) is 22.4. The van der Waals surface area contributed by atoms with E-state index in [1.807, 2.05) is 10.7 Å². The lowest BCUT2D eigenvalue weighted by atomic mass is 9.97. The Bertz CT molecular complexity index is 1400. The minimum atomic E-state index is -0.00933. The van der Waals surface area contributed by atoms with Gasteiger partial charge >= 0.3 is 0 Å². The Morgan fingerprint density at radius 3 is 2.51 bits per heavy atom. The summed E-state index contributed by atoms with van der Waals surface area (Å²) in [7, 11) is 0. The Kier molecular flexibility index (Phi) is 7.51. The van der Waals surface area contributed by atoms with Crippen LogP contribution in [0.3, 0.4) is 0 Å². The number of nitrogens with zero attached hydrogens (tertiary/aromatic N) is 5. The Hall–Kier alpha value is -3.32. The largest absolute Gasteiger partial charge is 0.322 e. The molecular formula is C30H38N6O. The summed E-state index contributed by atoms with van der Waals surface area (Å²) in [6.45, 7) is 9.98. The zero-order chi connectivity index (χ0) is 25.9. The van der Waals surface area contributed by atoms with Crippen molar-refractivity contribution in [3.05, 3.63) is 87.0 Å². The highest BCUT2D eigenvalue weighted by Gasteiger charge is 2.35. The molecule has 4 aromatic rings. The summed E-state index contributed by atoms with van der Waals surface area (Å²) in [5.41, 5.74) is 5.38. The highest BCUT2D eigenvalue weighted by atomic mass is 16.1. The van der Waals surface area contributed by atoms with Crippen LogP contribution < -0.4 is 5.56 Å². The number of benzene rings is 2. The Labute approximate surface area is 218 Å². The van der Waals surface area contributed by atoms with Crippen molar-refractivity contribution in [2.75, 3.05) is 0 Å². The average Bonchev–Trinajstić information content (AvgIpc) is 3.57. The van der Waals surface area contributed by atoms with Gasteiger partial charge in [-0.3, -0.25) is 9.69 Å². The molecule has 2 aromatic carbocycles. The molecule has 0 amide bonds. The first-order chi connectivity index (χ1) is 17.9. The van der Waals surface area contributed by atoms with E-state index in [0.717, 1.165) is 48.1 Å². The van der Waals surface area contributed by atoms with Crippen molar-refractivity contribution in [2.45, 2.75) is 85.0 Å². The SMILES string of the molecule is Cc1cc2cc(CN(C3CCCC3)C(c3nnnn3CCc3ccccc3)C(C)C)c(=O)[nH]c2cc1C. The van der Waals surface area contributed by atoms with Gasteiger partial charge in [-0.05, 0) is 89.7 Å². The molecule has 1 atom stereocenters. The standard InChI is InChI=1S/C30H38N6O/c1-20(2)28(29-32-33-34-36(29)15-14-23-10-6-5-7-11-23)35(26-12-8-9-13-26)19-25-18-24-16-21(3)22(4)17-27(24)31-30(25)37/h5-7,10-11,16-18,20,26,28H,8-9,12-15,19H2,1-4H3,(H,31,37). The predicted molar refractivity (Wildman–Crippen MR) is 147 cm³/mol. The molecule has 1 unspecified atom stereocenters. The fourth-order valence-electron chi connectivity index (χ4n) is 5.82. The molecule has 194 valence electrons. The smallest absolute Gasteiger partial charge is 0.252 e. The van der Waals surface area contributed by atoms with Crippen LogP contribution in [0.4, 0.5) is 0 Å². The highest BCUT2D eigenvalue weighted by Crippen LogP contribution is 2.36. The number of tetrazole rings is 1. The van der Waals surface area contributed by atoms with Gasteiger partial charge in [0.15, 0.2) is 5.82 Å². The summed E-state index contributed by atoms with van der Waals surface area (Å²) < 4.78 is 1.97. The molecule has 2 aromatic heterocycles. The van der Waals surface area contributed by atoms with Crippen molar-refractivity contribution in [3.63, 3.8) is 0 Å². The van der Waals surface area contributed by atoms with E-state index in [1.165, 1.54) is 29.5 Å². The van der Waals surface area contributed by atoms with Crippen molar-refractivity contribution >= 4 is 10.9 Å². The molecule has 7 nitrogen and oxygen atoms in total. The molecular weight excluding hydrogens is 460 g/mol. The predicted octanol–water partition coefficient (Wildman–Crippen LogP) is 5.52. The van der Waals surface area contributed by atoms with E-state index in [9.17, 15) is 4.79 Å². The van der Waals surface area contributed by atoms with Crippen molar-refractivity contribution in [3.8, 4) is 0 Å². The van der Waals surface area contributed by atoms with E-state index in [0.29, 0.717) is 12.6 Å². The minimum Gasteiger partial charge on any atom is -0.322 e. The van der Waals surface area contributed by atoms with Crippen LogP contribution in [0, 0.1) is 19.8 Å². The molecule has 0 aliphatic heterocycles. The van der Waals surface area contributed by atoms with E-state index in [1.54, 1.807) is 0 Å². The van der Waals surface area contributed by atoms with Crippen molar-refractivity contribution in [2.24, 2.45) is 5.92 Å². The number of pyridine rings is 1. The number of aromatic nitrogens is 5. The van der Waals surface area contributed by atoms with Gasteiger partial charge in [0.05, 0.1) is 6.04 Å². The number of hydrogen-bond acceptors (Lipinski definition) is 5. The van der Waals surface area contributed by atoms with Gasteiger partial charge in [0.25, 0.3) is 5.56 Å². The van der Waals surface area contributed by atoms with E-state index < -0.39 is 0 Å². The molecule has 0 spiro atoms. The molecule has 0 radical (unpaired) electrons. The first-order valence-corrected chi connectivity index (χ1v) is 13.6. The van der Waals surface area contributed by atoms with Gasteiger partial charge in [-0.25, -0.2) is 4.68 Å². The van der Waals surface area contributed by atoms with Crippen LogP contribution in [0.15, 0.2) is 53.3 Å². The van der Waals surface area contributed by atoms with Crippen LogP contribution in [0.2, 0.25) is 0 Å². The van der Waals surface area contributed by atoms with Crippen LogP contribution in [0.1, 0.15) is 73.7 Å². The van der Waals surface area contributed by atoms with E-state index in [4.69, 9.17) is 0 Å². The molecule has 1 aliphatic carbocycles. The third-order valence-corrected chi connectivity index (χ3v) is 7.95. The first-order valence-electron chi connectivity index (χ1n) is 13.6. The van der Waals surface area contributed by atoms with Gasteiger partial charge in [0.2, 0.25) is 0 Å². The second-order valence-corrected chi connectivity index (χ2v) is 10.9. The Balaban J connectivity index is 1.49. The van der Waals surface area contributed by atoms with Gasteiger partial charge in [-0.1, -0.05) is 57.0 Å². The quantitative estimate of drug-likeness (QED) is 0.329. The lowest BCUT2D eigenvalue weighted by Crippen LogP contribution is -2.41. The van der Waals surface area contributed by atoms with Crippen molar-refractivity contribution in [1.29, 1.82) is 0 Å². The lowest BCUT2D eigenvalue weighted by Gasteiger charge is -2.38. The molecule has 1 aliphatic rings. The maximum atomic E-state index is 13.3. The first kappa shape index (κ1) is 25.3.